The van der Waals surface area contributed by atoms with Crippen molar-refractivity contribution in [3.63, 3.8) is 0 Å². The topological polar surface area (TPSA) is 124 Å². The largest absolute Gasteiger partial charge is 0.467 e. The van der Waals surface area contributed by atoms with Crippen LogP contribution in [0.15, 0.2) is 15.4 Å². The van der Waals surface area contributed by atoms with E-state index in [9.17, 15) is 19.7 Å². The number of methoxy groups -OCH3 is 1. The Labute approximate surface area is 137 Å². The number of nitrogens with zero attached hydrogens (tertiary/aromatic N) is 4. The molecule has 9 heteroatoms. The minimum absolute atomic E-state index is 0.0967. The molecule has 1 aromatic rings. The Bertz CT molecular complexity index is 826. The highest BCUT2D eigenvalue weighted by Gasteiger charge is 2.39. The van der Waals surface area contributed by atoms with Crippen LogP contribution in [0.25, 0.3) is 0 Å². The summed E-state index contributed by atoms with van der Waals surface area (Å²) < 4.78 is 4.57. The van der Waals surface area contributed by atoms with Crippen molar-refractivity contribution in [3.8, 4) is 0 Å². The Kier molecular flexibility index (Phi) is 4.54. The first-order valence-electron chi connectivity index (χ1n) is 7.07. The van der Waals surface area contributed by atoms with E-state index in [1.54, 1.807) is 27.7 Å². The fraction of sp³-hybridized carbons (Fsp3) is 0.400. The monoisotopic (exact) mass is 332 g/mol. The second kappa shape index (κ2) is 6.26. The molecular formula is C15H16N4O5. The van der Waals surface area contributed by atoms with Crippen molar-refractivity contribution < 1.29 is 19.2 Å². The maximum atomic E-state index is 12.9. The number of nitro benzene ring substituents is 1. The zero-order valence-electron chi connectivity index (χ0n) is 13.9. The van der Waals surface area contributed by atoms with E-state index in [2.05, 4.69) is 20.2 Å². The summed E-state index contributed by atoms with van der Waals surface area (Å²) in [5, 5.41) is 22.0. The third-order valence-corrected chi connectivity index (χ3v) is 4.30. The first-order valence-corrected chi connectivity index (χ1v) is 7.07. The Morgan fingerprint density at radius 1 is 1.08 bits per heavy atom. The summed E-state index contributed by atoms with van der Waals surface area (Å²) in [7, 11) is 1.14. The molecule has 1 heterocycles. The van der Waals surface area contributed by atoms with Crippen LogP contribution in [-0.2, 0) is 9.53 Å². The maximum Gasteiger partial charge on any atom is 0.339 e. The van der Waals surface area contributed by atoms with E-state index in [0.29, 0.717) is 11.1 Å². The van der Waals surface area contributed by atoms with E-state index >= 15 is 0 Å². The summed E-state index contributed by atoms with van der Waals surface area (Å²) in [6, 6.07) is -1.30. The molecule has 0 bridgehead atoms. The molecule has 0 saturated carbocycles. The minimum Gasteiger partial charge on any atom is -0.467 e. The quantitative estimate of drug-likeness (QED) is 0.362. The molecular weight excluding hydrogens is 316 g/mol. The van der Waals surface area contributed by atoms with Crippen LogP contribution in [-0.4, -0.2) is 35.5 Å². The van der Waals surface area contributed by atoms with Gasteiger partial charge in [0.25, 0.3) is 5.69 Å². The van der Waals surface area contributed by atoms with Gasteiger partial charge in [0.05, 0.1) is 12.0 Å². The average Bonchev–Trinajstić information content (AvgIpc) is 3.03. The van der Waals surface area contributed by atoms with E-state index < -0.39 is 22.7 Å². The number of hydrogen-bond donors (Lipinski definition) is 0. The van der Waals surface area contributed by atoms with Crippen LogP contribution in [0.3, 0.4) is 0 Å². The van der Waals surface area contributed by atoms with Crippen molar-refractivity contribution in [2.45, 2.75) is 33.7 Å². The third kappa shape index (κ3) is 2.57. The lowest BCUT2D eigenvalue weighted by Gasteiger charge is -2.15. The van der Waals surface area contributed by atoms with E-state index in [1.807, 2.05) is 0 Å². The number of ether oxygens (including phenoxy) is 1. The highest BCUT2D eigenvalue weighted by atomic mass is 16.6. The molecule has 9 nitrogen and oxygen atoms in total. The van der Waals surface area contributed by atoms with Gasteiger partial charge in [-0.2, -0.15) is 0 Å². The summed E-state index contributed by atoms with van der Waals surface area (Å²) in [4.78, 5) is 35.5. The van der Waals surface area contributed by atoms with Crippen LogP contribution in [0.2, 0.25) is 0 Å². The summed E-state index contributed by atoms with van der Waals surface area (Å²) in [6.07, 6.45) is 0. The molecule has 0 aliphatic carbocycles. The summed E-state index contributed by atoms with van der Waals surface area (Å²) in [5.74, 6) is -1.55. The Morgan fingerprint density at radius 3 is 2.21 bits per heavy atom. The van der Waals surface area contributed by atoms with Crippen molar-refractivity contribution in [2.75, 3.05) is 7.11 Å². The third-order valence-electron chi connectivity index (χ3n) is 4.30. The molecule has 0 saturated heterocycles. The summed E-state index contributed by atoms with van der Waals surface area (Å²) in [6.45, 7) is 6.74. The fourth-order valence-corrected chi connectivity index (χ4v) is 2.60. The highest BCUT2D eigenvalue weighted by molar-refractivity contribution is 6.51. The molecule has 0 spiro atoms. The van der Waals surface area contributed by atoms with Crippen LogP contribution < -0.4 is 0 Å². The molecule has 0 N–H and O–H groups in total. The number of nitro groups is 1. The normalized spacial score (nSPS) is 16.0. The van der Waals surface area contributed by atoms with E-state index in [4.69, 9.17) is 0 Å². The minimum atomic E-state index is -1.30. The second-order valence-electron chi connectivity index (χ2n) is 5.43. The van der Waals surface area contributed by atoms with Crippen molar-refractivity contribution in [1.82, 2.24) is 0 Å². The van der Waals surface area contributed by atoms with Gasteiger partial charge in [-0.05, 0) is 49.6 Å². The molecule has 0 amide bonds. The Balaban J connectivity index is 2.67. The zero-order valence-corrected chi connectivity index (χ0v) is 13.9. The lowest BCUT2D eigenvalue weighted by Crippen LogP contribution is -2.33. The predicted molar refractivity (Wildman–Crippen MR) is 84.5 cm³/mol. The number of ketones is 1. The van der Waals surface area contributed by atoms with Crippen LogP contribution in [0, 0.1) is 37.8 Å². The SMILES string of the molecule is COC(=O)C1N=NN=C1C(=O)c1c(C)c(C)c(C)c(C)c1[N+](=O)[O-]. The molecule has 0 aromatic heterocycles. The molecule has 1 aliphatic heterocycles. The van der Waals surface area contributed by atoms with E-state index in [1.165, 1.54) is 0 Å². The number of carbonyl (C=O) groups is 2. The van der Waals surface area contributed by atoms with E-state index in [-0.39, 0.29) is 17.0 Å². The molecule has 1 atom stereocenters. The summed E-state index contributed by atoms with van der Waals surface area (Å²) in [5.41, 5.74) is 1.70. The first kappa shape index (κ1) is 17.4. The van der Waals surface area contributed by atoms with Gasteiger partial charge >= 0.3 is 5.97 Å². The number of carbonyl (C=O) groups excluding carboxylic acids is 2. The molecule has 2 rings (SSSR count). The van der Waals surface area contributed by atoms with Crippen LogP contribution in [0.5, 0.6) is 0 Å². The molecule has 1 unspecified atom stereocenters. The molecule has 24 heavy (non-hydrogen) atoms. The smallest absolute Gasteiger partial charge is 0.339 e. The molecule has 0 fully saturated rings. The van der Waals surface area contributed by atoms with Gasteiger partial charge in [0.1, 0.15) is 5.56 Å². The number of hydrogen-bond acceptors (Lipinski definition) is 8. The van der Waals surface area contributed by atoms with Gasteiger partial charge in [0, 0.05) is 5.56 Å². The van der Waals surface area contributed by atoms with Crippen molar-refractivity contribution in [3.05, 3.63) is 37.9 Å². The number of esters is 1. The van der Waals surface area contributed by atoms with Crippen molar-refractivity contribution in [1.29, 1.82) is 0 Å². The van der Waals surface area contributed by atoms with Gasteiger partial charge in [0.15, 0.2) is 5.71 Å². The number of rotatable bonds is 4. The number of benzene rings is 1. The Hall–Kier alpha value is -2.97. The van der Waals surface area contributed by atoms with Gasteiger partial charge in [0.2, 0.25) is 11.8 Å². The number of Topliss-reactive ketones (excluding diaryl/α,β-unsaturated/α-hetero) is 1. The summed E-state index contributed by atoms with van der Waals surface area (Å²) >= 11 is 0. The lowest BCUT2D eigenvalue weighted by molar-refractivity contribution is -0.385. The van der Waals surface area contributed by atoms with Crippen LogP contribution in [0.1, 0.15) is 32.6 Å². The van der Waals surface area contributed by atoms with Crippen LogP contribution in [0.4, 0.5) is 5.69 Å². The van der Waals surface area contributed by atoms with E-state index in [0.717, 1.165) is 18.2 Å². The van der Waals surface area contributed by atoms with Gasteiger partial charge in [-0.3, -0.25) is 14.9 Å². The standard InChI is InChI=1S/C15H16N4O5/c1-6-7(2)9(4)13(19(22)23)10(8(6)3)14(20)11-12(15(21)24-5)17-18-16-11/h12H,1-5H3. The Morgan fingerprint density at radius 2 is 1.67 bits per heavy atom. The molecule has 1 aromatic carbocycles. The average molecular weight is 332 g/mol. The molecule has 126 valence electrons. The van der Waals surface area contributed by atoms with Crippen LogP contribution >= 0.6 is 0 Å². The predicted octanol–water partition coefficient (Wildman–Crippen LogP) is 2.37. The molecule has 1 aliphatic rings. The van der Waals surface area contributed by atoms with Gasteiger partial charge < -0.3 is 4.74 Å². The highest BCUT2D eigenvalue weighted by Crippen LogP contribution is 2.33. The van der Waals surface area contributed by atoms with Crippen molar-refractivity contribution >= 4 is 23.2 Å². The van der Waals surface area contributed by atoms with Gasteiger partial charge in [-0.25, -0.2) is 4.79 Å². The van der Waals surface area contributed by atoms with Gasteiger partial charge in [-0.1, -0.05) is 0 Å². The van der Waals surface area contributed by atoms with Crippen molar-refractivity contribution in [2.24, 2.45) is 15.4 Å². The second-order valence-corrected chi connectivity index (χ2v) is 5.43. The maximum absolute atomic E-state index is 12.9. The fourth-order valence-electron chi connectivity index (χ4n) is 2.60. The van der Waals surface area contributed by atoms with Gasteiger partial charge in [-0.15, -0.1) is 10.2 Å². The molecule has 0 radical (unpaired) electrons. The lowest BCUT2D eigenvalue weighted by atomic mass is 9.88. The zero-order chi connectivity index (χ0) is 18.2. The first-order chi connectivity index (χ1) is 11.2.